The van der Waals surface area contributed by atoms with Crippen molar-refractivity contribution in [1.29, 1.82) is 0 Å². The molecule has 106 valence electrons. The minimum atomic E-state index is 0.172. The number of rotatable bonds is 4. The number of hydrogen-bond donors (Lipinski definition) is 1. The molecule has 2 nitrogen and oxygen atoms in total. The Hall–Kier alpha value is -0.860. The lowest BCUT2D eigenvalue weighted by Crippen LogP contribution is -2.41. The van der Waals surface area contributed by atoms with Crippen molar-refractivity contribution in [2.24, 2.45) is 11.1 Å². The molecular weight excluding hydrogens is 232 g/mol. The molecule has 0 bridgehead atoms. The van der Waals surface area contributed by atoms with Gasteiger partial charge in [-0.2, -0.15) is 0 Å². The maximum Gasteiger partial charge on any atom is 0.0309 e. The third-order valence-electron chi connectivity index (χ3n) is 4.32. The molecule has 0 amide bonds. The van der Waals surface area contributed by atoms with E-state index in [0.29, 0.717) is 5.41 Å². The number of benzene rings is 1. The predicted molar refractivity (Wildman–Crippen MR) is 82.2 cm³/mol. The molecule has 1 unspecified atom stereocenters. The highest BCUT2D eigenvalue weighted by atomic mass is 15.1. The highest BCUT2D eigenvalue weighted by Gasteiger charge is 2.26. The van der Waals surface area contributed by atoms with E-state index < -0.39 is 0 Å². The first kappa shape index (κ1) is 14.5. The second kappa shape index (κ2) is 6.06. The van der Waals surface area contributed by atoms with E-state index in [2.05, 4.69) is 49.9 Å². The quantitative estimate of drug-likeness (QED) is 0.897. The molecular formula is C17H28N2. The van der Waals surface area contributed by atoms with Gasteiger partial charge in [-0.15, -0.1) is 0 Å². The lowest BCUT2D eigenvalue weighted by molar-refractivity contribution is 0.115. The first-order valence-corrected chi connectivity index (χ1v) is 7.51. The predicted octanol–water partition coefficient (Wildman–Crippen LogP) is 3.51. The molecule has 0 aliphatic carbocycles. The van der Waals surface area contributed by atoms with Crippen LogP contribution in [0.2, 0.25) is 0 Å². The fourth-order valence-electron chi connectivity index (χ4n) is 3.22. The van der Waals surface area contributed by atoms with Gasteiger partial charge in [0.05, 0.1) is 0 Å². The summed E-state index contributed by atoms with van der Waals surface area (Å²) in [6.45, 7) is 10.5. The summed E-state index contributed by atoms with van der Waals surface area (Å²) in [7, 11) is 0. The average Bonchev–Trinajstić information content (AvgIpc) is 2.35. The summed E-state index contributed by atoms with van der Waals surface area (Å²) in [5.41, 5.74) is 9.45. The summed E-state index contributed by atoms with van der Waals surface area (Å²) in [4.78, 5) is 2.58. The normalized spacial score (nSPS) is 21.3. The molecule has 0 spiro atoms. The highest BCUT2D eigenvalue weighted by molar-refractivity contribution is 5.28. The fraction of sp³-hybridized carbons (Fsp3) is 0.647. The summed E-state index contributed by atoms with van der Waals surface area (Å²) in [5, 5.41) is 0. The minimum absolute atomic E-state index is 0.172. The molecule has 1 aromatic rings. The van der Waals surface area contributed by atoms with E-state index in [1.807, 2.05) is 0 Å². The number of aryl methyl sites for hydroxylation is 1. The van der Waals surface area contributed by atoms with Gasteiger partial charge >= 0.3 is 0 Å². The van der Waals surface area contributed by atoms with Crippen molar-refractivity contribution in [3.8, 4) is 0 Å². The van der Waals surface area contributed by atoms with E-state index in [-0.39, 0.29) is 6.04 Å². The van der Waals surface area contributed by atoms with Crippen LogP contribution in [0.15, 0.2) is 24.3 Å². The Morgan fingerprint density at radius 1 is 1.32 bits per heavy atom. The minimum Gasteiger partial charge on any atom is -0.324 e. The molecule has 0 aromatic heterocycles. The van der Waals surface area contributed by atoms with Gasteiger partial charge in [0.2, 0.25) is 0 Å². The van der Waals surface area contributed by atoms with Gasteiger partial charge in [0.15, 0.2) is 0 Å². The van der Waals surface area contributed by atoms with Crippen LogP contribution in [-0.4, -0.2) is 24.5 Å². The molecule has 1 aliphatic rings. The summed E-state index contributed by atoms with van der Waals surface area (Å²) in [6, 6.07) is 8.66. The molecule has 1 aliphatic heterocycles. The van der Waals surface area contributed by atoms with Crippen molar-refractivity contribution in [2.75, 3.05) is 19.6 Å². The van der Waals surface area contributed by atoms with Crippen molar-refractivity contribution in [3.63, 3.8) is 0 Å². The number of hydrogen-bond acceptors (Lipinski definition) is 2. The lowest BCUT2D eigenvalue weighted by atomic mass is 9.84. The molecule has 1 atom stereocenters. The molecule has 2 N–H and O–H groups in total. The van der Waals surface area contributed by atoms with Crippen LogP contribution in [0.4, 0.5) is 0 Å². The molecule has 0 radical (unpaired) electrons. The van der Waals surface area contributed by atoms with Crippen LogP contribution < -0.4 is 5.73 Å². The highest BCUT2D eigenvalue weighted by Crippen LogP contribution is 2.29. The Balaban J connectivity index is 1.87. The first-order chi connectivity index (χ1) is 8.98. The zero-order valence-corrected chi connectivity index (χ0v) is 12.7. The third-order valence-corrected chi connectivity index (χ3v) is 4.32. The number of likely N-dealkylation sites (tertiary alicyclic amines) is 1. The smallest absolute Gasteiger partial charge is 0.0309 e. The zero-order chi connectivity index (χ0) is 13.9. The summed E-state index contributed by atoms with van der Waals surface area (Å²) in [5.74, 6) is 0. The standard InChI is InChI=1S/C17H28N2/c1-14-7-4-5-8-15(14)16(18)9-12-19-11-6-10-17(2,3)13-19/h4-5,7-8,16H,6,9-13,18H2,1-3H3. The van der Waals surface area contributed by atoms with Crippen molar-refractivity contribution in [2.45, 2.75) is 46.1 Å². The van der Waals surface area contributed by atoms with E-state index >= 15 is 0 Å². The van der Waals surface area contributed by atoms with Crippen LogP contribution in [0.1, 0.15) is 50.3 Å². The molecule has 1 aromatic carbocycles. The second-order valence-electron chi connectivity index (χ2n) is 6.80. The Kier molecular flexibility index (Phi) is 4.64. The summed E-state index contributed by atoms with van der Waals surface area (Å²) in [6.07, 6.45) is 3.74. The average molecular weight is 260 g/mol. The number of piperidine rings is 1. The topological polar surface area (TPSA) is 29.3 Å². The van der Waals surface area contributed by atoms with Crippen molar-refractivity contribution >= 4 is 0 Å². The van der Waals surface area contributed by atoms with Gasteiger partial charge in [-0.05, 0) is 55.8 Å². The van der Waals surface area contributed by atoms with Gasteiger partial charge in [-0.25, -0.2) is 0 Å². The SMILES string of the molecule is Cc1ccccc1C(N)CCN1CCCC(C)(C)C1. The number of nitrogens with two attached hydrogens (primary N) is 1. The molecule has 2 heteroatoms. The van der Waals surface area contributed by atoms with Crippen LogP contribution in [0.5, 0.6) is 0 Å². The Morgan fingerprint density at radius 3 is 2.74 bits per heavy atom. The fourth-order valence-corrected chi connectivity index (χ4v) is 3.22. The lowest BCUT2D eigenvalue weighted by Gasteiger charge is -2.38. The molecule has 19 heavy (non-hydrogen) atoms. The first-order valence-electron chi connectivity index (χ1n) is 7.51. The van der Waals surface area contributed by atoms with Gasteiger partial charge in [0, 0.05) is 12.6 Å². The van der Waals surface area contributed by atoms with Crippen LogP contribution in [0.25, 0.3) is 0 Å². The molecule has 2 rings (SSSR count). The third kappa shape index (κ3) is 4.05. The van der Waals surface area contributed by atoms with E-state index in [1.165, 1.54) is 37.1 Å². The second-order valence-corrected chi connectivity index (χ2v) is 6.80. The van der Waals surface area contributed by atoms with Crippen LogP contribution in [0.3, 0.4) is 0 Å². The van der Waals surface area contributed by atoms with E-state index in [0.717, 1.165) is 13.0 Å². The maximum absolute atomic E-state index is 6.35. The summed E-state index contributed by atoms with van der Waals surface area (Å²) >= 11 is 0. The van der Waals surface area contributed by atoms with Crippen LogP contribution >= 0.6 is 0 Å². The van der Waals surface area contributed by atoms with Crippen molar-refractivity contribution < 1.29 is 0 Å². The molecule has 0 saturated carbocycles. The van der Waals surface area contributed by atoms with Gasteiger partial charge in [0.25, 0.3) is 0 Å². The van der Waals surface area contributed by atoms with Gasteiger partial charge in [-0.1, -0.05) is 38.1 Å². The van der Waals surface area contributed by atoms with Gasteiger partial charge < -0.3 is 10.6 Å². The summed E-state index contributed by atoms with van der Waals surface area (Å²) < 4.78 is 0. The molecule has 1 heterocycles. The van der Waals surface area contributed by atoms with Crippen molar-refractivity contribution in [3.05, 3.63) is 35.4 Å². The van der Waals surface area contributed by atoms with Crippen LogP contribution in [0, 0.1) is 12.3 Å². The van der Waals surface area contributed by atoms with E-state index in [1.54, 1.807) is 0 Å². The van der Waals surface area contributed by atoms with Crippen molar-refractivity contribution in [1.82, 2.24) is 4.90 Å². The van der Waals surface area contributed by atoms with E-state index in [9.17, 15) is 0 Å². The molecule has 1 fully saturated rings. The van der Waals surface area contributed by atoms with Gasteiger partial charge in [0.1, 0.15) is 0 Å². The zero-order valence-electron chi connectivity index (χ0n) is 12.7. The monoisotopic (exact) mass is 260 g/mol. The Labute approximate surface area is 118 Å². The molecule has 1 saturated heterocycles. The van der Waals surface area contributed by atoms with Gasteiger partial charge in [-0.3, -0.25) is 0 Å². The Morgan fingerprint density at radius 2 is 2.05 bits per heavy atom. The maximum atomic E-state index is 6.35. The largest absolute Gasteiger partial charge is 0.324 e. The van der Waals surface area contributed by atoms with E-state index in [4.69, 9.17) is 5.73 Å². The van der Waals surface area contributed by atoms with Crippen LogP contribution in [-0.2, 0) is 0 Å². The Bertz CT molecular complexity index is 411. The number of nitrogens with zero attached hydrogens (tertiary/aromatic N) is 1.